The largest absolute Gasteiger partial charge is 0.416 e. The fourth-order valence-electron chi connectivity index (χ4n) is 5.83. The highest BCUT2D eigenvalue weighted by Gasteiger charge is 2.40. The van der Waals surface area contributed by atoms with Crippen LogP contribution in [-0.4, -0.2) is 64.5 Å². The fourth-order valence-corrected chi connectivity index (χ4v) is 5.83. The molecule has 0 radical (unpaired) electrons. The maximum absolute atomic E-state index is 13.9. The van der Waals surface area contributed by atoms with Gasteiger partial charge in [0.1, 0.15) is 11.7 Å². The molecule has 2 aromatic heterocycles. The van der Waals surface area contributed by atoms with Crippen LogP contribution in [0.25, 0.3) is 11.4 Å². The van der Waals surface area contributed by atoms with Crippen molar-refractivity contribution in [2.45, 2.75) is 44.8 Å². The molecule has 0 bridgehead atoms. The molecule has 13 heteroatoms. The zero-order valence-corrected chi connectivity index (χ0v) is 22.2. The van der Waals surface area contributed by atoms with E-state index in [2.05, 4.69) is 15.7 Å². The summed E-state index contributed by atoms with van der Waals surface area (Å²) in [6, 6.07) is 2.51. The lowest BCUT2D eigenvalue weighted by atomic mass is 10.0. The zero-order valence-electron chi connectivity index (χ0n) is 22.2. The molecule has 1 saturated heterocycles. The molecule has 3 aliphatic heterocycles. The van der Waals surface area contributed by atoms with Crippen LogP contribution in [0.2, 0.25) is 0 Å². The van der Waals surface area contributed by atoms with Gasteiger partial charge in [-0.1, -0.05) is 13.0 Å². The molecule has 6 rings (SSSR count). The van der Waals surface area contributed by atoms with Crippen LogP contribution in [0.4, 0.5) is 24.5 Å². The van der Waals surface area contributed by atoms with E-state index < -0.39 is 17.8 Å². The van der Waals surface area contributed by atoms with Crippen LogP contribution in [0.15, 0.2) is 29.1 Å². The number of halogens is 3. The van der Waals surface area contributed by atoms with E-state index in [1.807, 2.05) is 17.9 Å². The van der Waals surface area contributed by atoms with Crippen molar-refractivity contribution in [1.82, 2.24) is 24.5 Å². The van der Waals surface area contributed by atoms with Gasteiger partial charge < -0.3 is 20.3 Å². The summed E-state index contributed by atoms with van der Waals surface area (Å²) < 4.78 is 48.0. The third-order valence-electron chi connectivity index (χ3n) is 7.86. The number of anilines is 2. The topological polar surface area (TPSA) is 106 Å². The lowest BCUT2D eigenvalue weighted by Gasteiger charge is -2.31. The minimum Gasteiger partial charge on any atom is -0.377 e. The Bertz CT molecular complexity index is 1570. The van der Waals surface area contributed by atoms with Gasteiger partial charge in [-0.25, -0.2) is 0 Å². The van der Waals surface area contributed by atoms with Crippen molar-refractivity contribution in [3.8, 4) is 0 Å². The zero-order chi connectivity index (χ0) is 28.2. The first-order chi connectivity index (χ1) is 19.1. The second kappa shape index (κ2) is 10.0. The number of fused-ring (bicyclic) bond motifs is 3. The summed E-state index contributed by atoms with van der Waals surface area (Å²) in [4.78, 5) is 34.4. The highest BCUT2D eigenvalue weighted by atomic mass is 19.4. The minimum absolute atomic E-state index is 0.144. The van der Waals surface area contributed by atoms with E-state index in [1.54, 1.807) is 4.57 Å². The molecule has 0 spiro atoms. The first-order valence-electron chi connectivity index (χ1n) is 13.4. The molecule has 2 atom stereocenters. The van der Waals surface area contributed by atoms with Gasteiger partial charge >= 0.3 is 6.18 Å². The second-order valence-electron chi connectivity index (χ2n) is 10.5. The number of amides is 1. The van der Waals surface area contributed by atoms with E-state index in [0.717, 1.165) is 36.5 Å². The van der Waals surface area contributed by atoms with Crippen LogP contribution >= 0.6 is 0 Å². The lowest BCUT2D eigenvalue weighted by Crippen LogP contribution is -2.46. The van der Waals surface area contributed by atoms with Crippen molar-refractivity contribution in [1.29, 1.82) is 0 Å². The van der Waals surface area contributed by atoms with Gasteiger partial charge in [0, 0.05) is 37.8 Å². The number of hydrogen-bond acceptors (Lipinski definition) is 7. The molecule has 0 saturated carbocycles. The van der Waals surface area contributed by atoms with Gasteiger partial charge in [-0.2, -0.15) is 22.7 Å². The van der Waals surface area contributed by atoms with Crippen LogP contribution in [-0.2, 0) is 15.7 Å². The molecule has 3 aliphatic rings. The number of rotatable bonds is 4. The number of carbonyl (C=O) groups excluding carboxylic acids is 1. The van der Waals surface area contributed by atoms with Gasteiger partial charge in [-0.3, -0.25) is 14.2 Å². The molecule has 10 nitrogen and oxygen atoms in total. The van der Waals surface area contributed by atoms with E-state index in [9.17, 15) is 22.8 Å². The Hall–Kier alpha value is -3.71. The molecule has 2 N–H and O–H groups in total. The molecule has 40 heavy (non-hydrogen) atoms. The number of hydrogen-bond donors (Lipinski definition) is 2. The summed E-state index contributed by atoms with van der Waals surface area (Å²) >= 11 is 0. The highest BCUT2D eigenvalue weighted by Crippen LogP contribution is 2.42. The number of ether oxygens (including phenoxy) is 1. The first-order valence-corrected chi connectivity index (χ1v) is 13.4. The third-order valence-corrected chi connectivity index (χ3v) is 7.86. The van der Waals surface area contributed by atoms with Gasteiger partial charge in [-0.05, 0) is 49.1 Å². The molecule has 1 fully saturated rings. The molecule has 0 aliphatic carbocycles. The average Bonchev–Trinajstić information content (AvgIpc) is 3.53. The number of aryl methyl sites for hydroxylation is 1. The third kappa shape index (κ3) is 4.56. The van der Waals surface area contributed by atoms with Gasteiger partial charge in [0.05, 0.1) is 24.5 Å². The number of nitrogens with zero attached hydrogens (tertiary/aromatic N) is 5. The smallest absolute Gasteiger partial charge is 0.377 e. The summed E-state index contributed by atoms with van der Waals surface area (Å²) in [5, 5.41) is 10.7. The summed E-state index contributed by atoms with van der Waals surface area (Å²) in [6.45, 7) is 7.16. The second-order valence-corrected chi connectivity index (χ2v) is 10.5. The maximum Gasteiger partial charge on any atom is 0.416 e. The van der Waals surface area contributed by atoms with Crippen LogP contribution < -0.4 is 21.1 Å². The Balaban J connectivity index is 1.46. The monoisotopic (exact) mass is 557 g/mol. The molecule has 5 heterocycles. The molecular formula is C27H30F3N7O3. The Morgan fingerprint density at radius 2 is 2.00 bits per heavy atom. The normalized spacial score (nSPS) is 21.4. The predicted molar refractivity (Wildman–Crippen MR) is 143 cm³/mol. The quantitative estimate of drug-likeness (QED) is 0.508. The molecule has 212 valence electrons. The maximum atomic E-state index is 13.9. The van der Waals surface area contributed by atoms with Crippen LogP contribution in [0, 0.1) is 6.92 Å². The van der Waals surface area contributed by atoms with Gasteiger partial charge in [0.25, 0.3) is 5.56 Å². The van der Waals surface area contributed by atoms with Crippen LogP contribution in [0.5, 0.6) is 0 Å². The van der Waals surface area contributed by atoms with E-state index >= 15 is 0 Å². The number of aromatic nitrogens is 4. The van der Waals surface area contributed by atoms with Crippen molar-refractivity contribution in [3.63, 3.8) is 0 Å². The van der Waals surface area contributed by atoms with Gasteiger partial charge in [-0.15, -0.1) is 5.10 Å². The van der Waals surface area contributed by atoms with E-state index in [1.165, 1.54) is 17.5 Å². The number of alkyl halides is 3. The van der Waals surface area contributed by atoms with Crippen molar-refractivity contribution in [3.05, 3.63) is 57.3 Å². The Kier molecular flexibility index (Phi) is 6.65. The van der Waals surface area contributed by atoms with Gasteiger partial charge in [0.2, 0.25) is 11.7 Å². The van der Waals surface area contributed by atoms with Crippen LogP contribution in [0.3, 0.4) is 0 Å². The van der Waals surface area contributed by atoms with Crippen molar-refractivity contribution in [2.24, 2.45) is 0 Å². The summed E-state index contributed by atoms with van der Waals surface area (Å²) in [7, 11) is 0. The van der Waals surface area contributed by atoms with E-state index in [-0.39, 0.29) is 23.2 Å². The summed E-state index contributed by atoms with van der Waals surface area (Å²) in [6.07, 6.45) is -1.57. The van der Waals surface area contributed by atoms with E-state index in [0.29, 0.717) is 61.9 Å². The Morgan fingerprint density at radius 3 is 2.67 bits per heavy atom. The number of benzene rings is 1. The van der Waals surface area contributed by atoms with Crippen molar-refractivity contribution >= 4 is 28.6 Å². The molecule has 3 aromatic rings. The Labute approximate surface area is 227 Å². The number of piperazine rings is 1. The minimum atomic E-state index is -4.48. The average molecular weight is 558 g/mol. The van der Waals surface area contributed by atoms with Crippen molar-refractivity contribution < 1.29 is 22.7 Å². The first kappa shape index (κ1) is 26.5. The molecule has 1 aromatic carbocycles. The number of nitrogens with one attached hydrogen (secondary N) is 2. The fraction of sp³-hybridized carbons (Fsp3) is 0.481. The van der Waals surface area contributed by atoms with E-state index in [4.69, 9.17) is 9.72 Å². The number of carbonyl (C=O) groups is 1. The summed E-state index contributed by atoms with van der Waals surface area (Å²) in [5.41, 5.74) is 1.66. The van der Waals surface area contributed by atoms with Crippen molar-refractivity contribution in [2.75, 3.05) is 49.6 Å². The molecular weight excluding hydrogens is 527 g/mol. The Morgan fingerprint density at radius 1 is 1.23 bits per heavy atom. The standard InChI is InChI=1S/C27H30F3N7O3/c1-15-13-18(27(28,29)30)3-4-19(15)32-24(38)20-14-16(2)21-22(35-9-7-31-8-10-35)25(39)37-26(36(20)21)33-23(34-37)17-5-11-40-12-6-17/h3-5,13,16,20,31H,6-12,14H2,1-2H3,(H,32,38)/t16-,20+/m1/s1. The summed E-state index contributed by atoms with van der Waals surface area (Å²) in [5.74, 6) is 0.161. The molecule has 1 amide bonds. The lowest BCUT2D eigenvalue weighted by molar-refractivity contribution is -0.137. The predicted octanol–water partition coefficient (Wildman–Crippen LogP) is 3.12. The highest BCUT2D eigenvalue weighted by molar-refractivity contribution is 5.95. The SMILES string of the molecule is Cc1cc(C(F)(F)F)ccc1NC(=O)[C@@H]1C[C@@H](C)c2c(N3CCNCC3)c(=O)n3nc(C4=CCOCC4)nc3n21. The van der Waals surface area contributed by atoms with Crippen LogP contribution in [0.1, 0.15) is 54.4 Å². The van der Waals surface area contributed by atoms with Gasteiger partial charge in [0.15, 0.2) is 5.82 Å². The molecule has 0 unspecified atom stereocenters.